The predicted molar refractivity (Wildman–Crippen MR) is 92.6 cm³/mol. The molecule has 0 spiro atoms. The van der Waals surface area contributed by atoms with Gasteiger partial charge >= 0.3 is 5.97 Å². The number of benzene rings is 1. The van der Waals surface area contributed by atoms with Crippen molar-refractivity contribution in [2.45, 2.75) is 6.92 Å². The van der Waals surface area contributed by atoms with E-state index < -0.39 is 5.97 Å². The summed E-state index contributed by atoms with van der Waals surface area (Å²) in [7, 11) is 1.81. The van der Waals surface area contributed by atoms with Crippen LogP contribution in [0.2, 0.25) is 0 Å². The van der Waals surface area contributed by atoms with E-state index in [1.807, 2.05) is 17.5 Å². The zero-order chi connectivity index (χ0) is 17.3. The highest BCUT2D eigenvalue weighted by atomic mass is 32.1. The molecule has 1 aromatic carbocycles. The SMILES string of the molecule is Cc1ccc(C(=O)O)cc1C(=O)Nc1cc(-c2cccs2)n(C)n1. The lowest BCUT2D eigenvalue weighted by Crippen LogP contribution is -2.15. The summed E-state index contributed by atoms with van der Waals surface area (Å²) in [5.74, 6) is -1.03. The Kier molecular flexibility index (Phi) is 4.18. The van der Waals surface area contributed by atoms with Crippen molar-refractivity contribution in [3.63, 3.8) is 0 Å². The number of aromatic carboxylic acids is 1. The molecule has 3 rings (SSSR count). The molecule has 0 aliphatic rings. The first-order valence-electron chi connectivity index (χ1n) is 7.19. The van der Waals surface area contributed by atoms with Crippen molar-refractivity contribution in [3.05, 3.63) is 58.5 Å². The molecule has 3 aromatic rings. The molecule has 0 saturated carbocycles. The Hall–Kier alpha value is -2.93. The maximum absolute atomic E-state index is 12.5. The van der Waals surface area contributed by atoms with E-state index in [2.05, 4.69) is 10.4 Å². The minimum Gasteiger partial charge on any atom is -0.478 e. The van der Waals surface area contributed by atoms with Crippen LogP contribution in [0.4, 0.5) is 5.82 Å². The van der Waals surface area contributed by atoms with Crippen LogP contribution >= 0.6 is 11.3 Å². The summed E-state index contributed by atoms with van der Waals surface area (Å²) in [5.41, 5.74) is 1.99. The van der Waals surface area contributed by atoms with Crippen LogP contribution in [0.15, 0.2) is 41.8 Å². The summed E-state index contributed by atoms with van der Waals surface area (Å²) in [6, 6.07) is 10.2. The molecule has 0 unspecified atom stereocenters. The van der Waals surface area contributed by atoms with Gasteiger partial charge in [-0.3, -0.25) is 9.48 Å². The highest BCUT2D eigenvalue weighted by molar-refractivity contribution is 7.13. The van der Waals surface area contributed by atoms with Crippen LogP contribution < -0.4 is 5.32 Å². The van der Waals surface area contributed by atoms with Crippen molar-refractivity contribution in [2.75, 3.05) is 5.32 Å². The standard InChI is InChI=1S/C17H15N3O3S/c1-10-5-6-11(17(22)23)8-12(10)16(21)18-15-9-13(20(2)19-15)14-4-3-7-24-14/h3-9H,1-2H3,(H,22,23)(H,18,19,21). The first-order valence-corrected chi connectivity index (χ1v) is 8.07. The first kappa shape index (κ1) is 15.9. The number of thiophene rings is 1. The number of aryl methyl sites for hydroxylation is 2. The number of carbonyl (C=O) groups excluding carboxylic acids is 1. The number of carbonyl (C=O) groups is 2. The van der Waals surface area contributed by atoms with Crippen LogP contribution in [0.3, 0.4) is 0 Å². The zero-order valence-electron chi connectivity index (χ0n) is 13.1. The molecule has 7 heteroatoms. The first-order chi connectivity index (χ1) is 11.5. The number of aromatic nitrogens is 2. The van der Waals surface area contributed by atoms with Gasteiger partial charge in [-0.25, -0.2) is 4.79 Å². The number of amides is 1. The van der Waals surface area contributed by atoms with Gasteiger partial charge in [0.15, 0.2) is 5.82 Å². The Morgan fingerprint density at radius 3 is 2.71 bits per heavy atom. The second-order valence-corrected chi connectivity index (χ2v) is 6.25. The lowest BCUT2D eigenvalue weighted by molar-refractivity contribution is 0.0697. The van der Waals surface area contributed by atoms with Gasteiger partial charge in [-0.15, -0.1) is 11.3 Å². The van der Waals surface area contributed by atoms with Crippen LogP contribution in [-0.4, -0.2) is 26.8 Å². The van der Waals surface area contributed by atoms with Crippen molar-refractivity contribution in [2.24, 2.45) is 7.05 Å². The molecular weight excluding hydrogens is 326 g/mol. The summed E-state index contributed by atoms with van der Waals surface area (Å²) in [5, 5.41) is 18.1. The smallest absolute Gasteiger partial charge is 0.335 e. The number of rotatable bonds is 4. The maximum Gasteiger partial charge on any atom is 0.335 e. The van der Waals surface area contributed by atoms with Gasteiger partial charge in [0.2, 0.25) is 0 Å². The van der Waals surface area contributed by atoms with Gasteiger partial charge in [-0.1, -0.05) is 12.1 Å². The van der Waals surface area contributed by atoms with Crippen molar-refractivity contribution in [1.29, 1.82) is 0 Å². The largest absolute Gasteiger partial charge is 0.478 e. The van der Waals surface area contributed by atoms with Crippen molar-refractivity contribution >= 4 is 29.0 Å². The molecule has 24 heavy (non-hydrogen) atoms. The summed E-state index contributed by atoms with van der Waals surface area (Å²) in [6.07, 6.45) is 0. The average molecular weight is 341 g/mol. The fourth-order valence-corrected chi connectivity index (χ4v) is 3.14. The fourth-order valence-electron chi connectivity index (χ4n) is 2.37. The monoisotopic (exact) mass is 341 g/mol. The molecule has 2 N–H and O–H groups in total. The molecule has 0 aliphatic carbocycles. The second-order valence-electron chi connectivity index (χ2n) is 5.30. The molecule has 122 valence electrons. The Balaban J connectivity index is 1.87. The maximum atomic E-state index is 12.5. The fraction of sp³-hybridized carbons (Fsp3) is 0.118. The number of hydrogen-bond donors (Lipinski definition) is 2. The number of carboxylic acids is 1. The van der Waals surface area contributed by atoms with Gasteiger partial charge in [0.1, 0.15) is 0 Å². The predicted octanol–water partition coefficient (Wildman–Crippen LogP) is 3.41. The Morgan fingerprint density at radius 1 is 1.25 bits per heavy atom. The molecule has 6 nitrogen and oxygen atoms in total. The minimum atomic E-state index is -1.07. The van der Waals surface area contributed by atoms with Crippen LogP contribution in [0.25, 0.3) is 10.6 Å². The molecule has 2 heterocycles. The van der Waals surface area contributed by atoms with Crippen LogP contribution in [0.5, 0.6) is 0 Å². The highest BCUT2D eigenvalue weighted by Crippen LogP contribution is 2.26. The van der Waals surface area contributed by atoms with E-state index in [0.29, 0.717) is 16.9 Å². The van der Waals surface area contributed by atoms with E-state index >= 15 is 0 Å². The molecule has 2 aromatic heterocycles. The third-order valence-electron chi connectivity index (χ3n) is 3.62. The summed E-state index contributed by atoms with van der Waals surface area (Å²) >= 11 is 1.59. The summed E-state index contributed by atoms with van der Waals surface area (Å²) < 4.78 is 1.70. The van der Waals surface area contributed by atoms with Crippen LogP contribution in [-0.2, 0) is 7.05 Å². The third-order valence-corrected chi connectivity index (χ3v) is 4.52. The number of anilines is 1. The molecule has 0 atom stereocenters. The lowest BCUT2D eigenvalue weighted by atomic mass is 10.0. The average Bonchev–Trinajstić information content (AvgIpc) is 3.16. The zero-order valence-corrected chi connectivity index (χ0v) is 13.9. The topological polar surface area (TPSA) is 84.2 Å². The third kappa shape index (κ3) is 3.07. The molecular formula is C17H15N3O3S. The van der Waals surface area contributed by atoms with E-state index in [4.69, 9.17) is 5.11 Å². The van der Waals surface area contributed by atoms with Gasteiger partial charge in [0, 0.05) is 18.7 Å². The van der Waals surface area contributed by atoms with Crippen molar-refractivity contribution in [3.8, 4) is 10.6 Å². The van der Waals surface area contributed by atoms with E-state index in [1.54, 1.807) is 42.1 Å². The lowest BCUT2D eigenvalue weighted by Gasteiger charge is -2.06. The van der Waals surface area contributed by atoms with E-state index in [1.165, 1.54) is 12.1 Å². The minimum absolute atomic E-state index is 0.0750. The molecule has 0 bridgehead atoms. The highest BCUT2D eigenvalue weighted by Gasteiger charge is 2.15. The molecule has 1 amide bonds. The number of hydrogen-bond acceptors (Lipinski definition) is 4. The number of nitrogens with one attached hydrogen (secondary N) is 1. The van der Waals surface area contributed by atoms with E-state index in [9.17, 15) is 9.59 Å². The Bertz CT molecular complexity index is 913. The van der Waals surface area contributed by atoms with Crippen LogP contribution in [0.1, 0.15) is 26.3 Å². The molecule has 0 saturated heterocycles. The van der Waals surface area contributed by atoms with Crippen molar-refractivity contribution in [1.82, 2.24) is 9.78 Å². The molecule has 0 aliphatic heterocycles. The summed E-state index contributed by atoms with van der Waals surface area (Å²) in [4.78, 5) is 24.6. The van der Waals surface area contributed by atoms with E-state index in [0.717, 1.165) is 10.6 Å². The van der Waals surface area contributed by atoms with Crippen molar-refractivity contribution < 1.29 is 14.7 Å². The summed E-state index contributed by atoms with van der Waals surface area (Å²) in [6.45, 7) is 1.76. The normalized spacial score (nSPS) is 10.6. The molecule has 0 fully saturated rings. The van der Waals surface area contributed by atoms with Gasteiger partial charge in [-0.2, -0.15) is 5.10 Å². The van der Waals surface area contributed by atoms with Gasteiger partial charge in [-0.05, 0) is 36.1 Å². The molecule has 0 radical (unpaired) electrons. The van der Waals surface area contributed by atoms with Gasteiger partial charge in [0.05, 0.1) is 16.1 Å². The van der Waals surface area contributed by atoms with E-state index in [-0.39, 0.29) is 11.5 Å². The Morgan fingerprint density at radius 2 is 2.04 bits per heavy atom. The Labute approximate surface area is 142 Å². The van der Waals surface area contributed by atoms with Crippen LogP contribution in [0, 0.1) is 6.92 Å². The van der Waals surface area contributed by atoms with Gasteiger partial charge < -0.3 is 10.4 Å². The van der Waals surface area contributed by atoms with Gasteiger partial charge in [0.25, 0.3) is 5.91 Å². The number of nitrogens with zero attached hydrogens (tertiary/aromatic N) is 2. The second kappa shape index (κ2) is 6.29. The quantitative estimate of drug-likeness (QED) is 0.762. The number of carboxylic acid groups (broad SMARTS) is 1.